The number of pyridine rings is 1. The second kappa shape index (κ2) is 11.9. The van der Waals surface area contributed by atoms with Crippen molar-refractivity contribution >= 4 is 29.4 Å². The van der Waals surface area contributed by atoms with Gasteiger partial charge in [0.15, 0.2) is 5.82 Å². The molecule has 0 spiro atoms. The molecule has 1 aromatic heterocycles. The molecular formula is C24H29ClFN5O5. The van der Waals surface area contributed by atoms with Crippen molar-refractivity contribution in [2.24, 2.45) is 0 Å². The van der Waals surface area contributed by atoms with Crippen molar-refractivity contribution in [2.45, 2.75) is 59.0 Å². The predicted molar refractivity (Wildman–Crippen MR) is 131 cm³/mol. The van der Waals surface area contributed by atoms with Gasteiger partial charge in [-0.15, -0.1) is 5.53 Å². The molecule has 10 nitrogen and oxygen atoms in total. The zero-order valence-corrected chi connectivity index (χ0v) is 21.3. The largest absolute Gasteiger partial charge is 0.443 e. The molecule has 36 heavy (non-hydrogen) atoms. The lowest BCUT2D eigenvalue weighted by molar-refractivity contribution is -0.143. The van der Waals surface area contributed by atoms with Gasteiger partial charge in [-0.25, -0.2) is 19.6 Å². The summed E-state index contributed by atoms with van der Waals surface area (Å²) in [5.74, 6) is -0.950. The van der Waals surface area contributed by atoms with Crippen molar-refractivity contribution < 1.29 is 28.2 Å². The van der Waals surface area contributed by atoms with Crippen molar-refractivity contribution in [2.75, 3.05) is 5.01 Å². The summed E-state index contributed by atoms with van der Waals surface area (Å²) in [7, 11) is 0. The van der Waals surface area contributed by atoms with E-state index in [1.807, 2.05) is 6.92 Å². The normalized spacial score (nSPS) is 13.3. The molecule has 2 aromatic rings. The highest BCUT2D eigenvalue weighted by molar-refractivity contribution is 6.30. The number of rotatable bonds is 9. The van der Waals surface area contributed by atoms with Gasteiger partial charge in [0.2, 0.25) is 0 Å². The van der Waals surface area contributed by atoms with Crippen LogP contribution in [0, 0.1) is 5.82 Å². The predicted octanol–water partition coefficient (Wildman–Crippen LogP) is 5.57. The topological polar surface area (TPSA) is 105 Å². The maximum atomic E-state index is 14.0. The number of nitrogens with zero attached hydrogens (tertiary/aromatic N) is 3. The molecule has 1 aliphatic rings. The van der Waals surface area contributed by atoms with Crippen LogP contribution in [-0.4, -0.2) is 27.8 Å². The van der Waals surface area contributed by atoms with E-state index < -0.39 is 23.5 Å². The van der Waals surface area contributed by atoms with Crippen molar-refractivity contribution in [3.63, 3.8) is 0 Å². The highest BCUT2D eigenvalue weighted by Gasteiger charge is 2.29. The van der Waals surface area contributed by atoms with Crippen molar-refractivity contribution in [1.29, 1.82) is 0 Å². The zero-order valence-electron chi connectivity index (χ0n) is 20.5. The number of amides is 1. The van der Waals surface area contributed by atoms with Crippen molar-refractivity contribution in [3.05, 3.63) is 59.5 Å². The van der Waals surface area contributed by atoms with Crippen LogP contribution in [-0.2, 0) is 14.3 Å². The molecule has 0 saturated carbocycles. The number of esters is 1. The monoisotopic (exact) mass is 521 g/mol. The summed E-state index contributed by atoms with van der Waals surface area (Å²) in [5.41, 5.74) is 5.26. The average Bonchev–Trinajstić information content (AvgIpc) is 3.17. The van der Waals surface area contributed by atoms with E-state index >= 15 is 0 Å². The summed E-state index contributed by atoms with van der Waals surface area (Å²) in [6, 6.07) is 7.64. The van der Waals surface area contributed by atoms with Gasteiger partial charge in [0, 0.05) is 12.6 Å². The van der Waals surface area contributed by atoms with Crippen molar-refractivity contribution in [1.82, 2.24) is 21.1 Å². The summed E-state index contributed by atoms with van der Waals surface area (Å²) in [4.78, 5) is 28.4. The van der Waals surface area contributed by atoms with Crippen LogP contribution in [0.1, 0.15) is 53.4 Å². The van der Waals surface area contributed by atoms with E-state index in [1.54, 1.807) is 45.0 Å². The number of carbonyl (C=O) groups excluding carboxylic acids is 2. The SMILES string of the molecule is CCCCCC(=O)OC1=CN(c2ccc(Oc3ncc(Cl)cc3F)cc2)NN1NC(=O)OC(C)(C)C. The Morgan fingerprint density at radius 2 is 1.92 bits per heavy atom. The van der Waals surface area contributed by atoms with Crippen molar-refractivity contribution in [3.8, 4) is 11.6 Å². The lowest BCUT2D eigenvalue weighted by atomic mass is 10.2. The van der Waals surface area contributed by atoms with Gasteiger partial charge in [0.25, 0.3) is 11.8 Å². The fourth-order valence-electron chi connectivity index (χ4n) is 2.98. The lowest BCUT2D eigenvalue weighted by Crippen LogP contribution is -2.52. The molecule has 2 N–H and O–H groups in total. The van der Waals surface area contributed by atoms with Crippen LogP contribution in [0.5, 0.6) is 11.6 Å². The van der Waals surface area contributed by atoms with Gasteiger partial charge in [0.1, 0.15) is 11.4 Å². The van der Waals surface area contributed by atoms with Crippen LogP contribution < -0.4 is 20.7 Å². The van der Waals surface area contributed by atoms with Crippen LogP contribution in [0.25, 0.3) is 0 Å². The first-order valence-electron chi connectivity index (χ1n) is 11.4. The summed E-state index contributed by atoms with van der Waals surface area (Å²) in [5, 5.41) is 2.81. The number of ether oxygens (including phenoxy) is 3. The molecule has 1 amide bonds. The molecule has 1 aromatic carbocycles. The van der Waals surface area contributed by atoms with E-state index in [9.17, 15) is 14.0 Å². The Bertz CT molecular complexity index is 1110. The Morgan fingerprint density at radius 1 is 1.19 bits per heavy atom. The fraction of sp³-hybridized carbons (Fsp3) is 0.375. The molecule has 12 heteroatoms. The number of hydrogen-bond acceptors (Lipinski definition) is 9. The number of carbonyl (C=O) groups is 2. The van der Waals surface area contributed by atoms with E-state index in [4.69, 9.17) is 25.8 Å². The Labute approximate surface area is 213 Å². The highest BCUT2D eigenvalue weighted by atomic mass is 35.5. The maximum Gasteiger partial charge on any atom is 0.428 e. The Kier molecular flexibility index (Phi) is 8.94. The molecule has 0 atom stereocenters. The third kappa shape index (κ3) is 7.99. The van der Waals surface area contributed by atoms with Gasteiger partial charge in [-0.2, -0.15) is 5.12 Å². The molecular weight excluding hydrogens is 493 g/mol. The number of unbranched alkanes of at least 4 members (excludes halogenated alkanes) is 2. The second-order valence-electron chi connectivity index (χ2n) is 8.85. The van der Waals surface area contributed by atoms with E-state index in [0.29, 0.717) is 17.9 Å². The minimum atomic E-state index is -0.744. The number of hydrazine groups is 3. The molecule has 3 rings (SSSR count). The maximum absolute atomic E-state index is 14.0. The summed E-state index contributed by atoms with van der Waals surface area (Å²) < 4.78 is 30.2. The van der Waals surface area contributed by atoms with Crippen LogP contribution in [0.15, 0.2) is 48.6 Å². The molecule has 0 fully saturated rings. The second-order valence-corrected chi connectivity index (χ2v) is 9.29. The smallest absolute Gasteiger partial charge is 0.428 e. The standard InChI is InChI=1S/C24H29ClFN5O5/c1-5-6-7-8-21(32)35-20-15-30(29-31(20)28-23(33)36-24(2,3)4)17-9-11-18(12-10-17)34-22-19(26)13-16(25)14-27-22/h9-15,29H,5-8H2,1-4H3,(H,28,33). The third-order valence-electron chi connectivity index (χ3n) is 4.58. The first-order valence-corrected chi connectivity index (χ1v) is 11.8. The molecule has 0 unspecified atom stereocenters. The van der Waals surface area contributed by atoms with Crippen LogP contribution in [0.4, 0.5) is 14.9 Å². The van der Waals surface area contributed by atoms with Crippen LogP contribution in [0.2, 0.25) is 5.02 Å². The summed E-state index contributed by atoms with van der Waals surface area (Å²) >= 11 is 5.72. The number of anilines is 1. The molecule has 194 valence electrons. The minimum Gasteiger partial charge on any atom is -0.443 e. The molecule has 0 saturated heterocycles. The van der Waals surface area contributed by atoms with Gasteiger partial charge in [-0.05, 0) is 57.5 Å². The lowest BCUT2D eigenvalue weighted by Gasteiger charge is -2.26. The van der Waals surface area contributed by atoms with E-state index in [0.717, 1.165) is 24.0 Å². The Hall–Kier alpha value is -3.57. The van der Waals surface area contributed by atoms with E-state index in [2.05, 4.69) is 15.9 Å². The van der Waals surface area contributed by atoms with Gasteiger partial charge in [-0.1, -0.05) is 31.4 Å². The summed E-state index contributed by atoms with van der Waals surface area (Å²) in [6.07, 6.45) is 4.85. The van der Waals surface area contributed by atoms with E-state index in [1.165, 1.54) is 17.4 Å². The molecule has 0 aliphatic carbocycles. The zero-order chi connectivity index (χ0) is 26.3. The first kappa shape index (κ1) is 27.0. The molecule has 0 bridgehead atoms. The third-order valence-corrected chi connectivity index (χ3v) is 4.78. The quantitative estimate of drug-likeness (QED) is 0.323. The molecule has 0 radical (unpaired) electrons. The van der Waals surface area contributed by atoms with E-state index in [-0.39, 0.29) is 23.2 Å². The Morgan fingerprint density at radius 3 is 2.56 bits per heavy atom. The fourth-order valence-corrected chi connectivity index (χ4v) is 3.13. The highest BCUT2D eigenvalue weighted by Crippen LogP contribution is 2.27. The van der Waals surface area contributed by atoms with Gasteiger partial charge < -0.3 is 14.2 Å². The van der Waals surface area contributed by atoms with Gasteiger partial charge in [0.05, 0.1) is 16.9 Å². The average molecular weight is 522 g/mol. The number of hydrogen-bond donors (Lipinski definition) is 2. The molecule has 2 heterocycles. The first-order chi connectivity index (χ1) is 17.0. The number of halogens is 2. The van der Waals surface area contributed by atoms with Gasteiger partial charge in [-0.3, -0.25) is 9.80 Å². The number of benzene rings is 1. The summed E-state index contributed by atoms with van der Waals surface area (Å²) in [6.45, 7) is 7.24. The minimum absolute atomic E-state index is 0.0510. The number of nitrogens with one attached hydrogen (secondary N) is 2. The molecule has 1 aliphatic heterocycles. The Balaban J connectivity index is 1.72. The van der Waals surface area contributed by atoms with Gasteiger partial charge >= 0.3 is 12.1 Å². The van der Waals surface area contributed by atoms with Crippen LogP contribution in [0.3, 0.4) is 0 Å². The van der Waals surface area contributed by atoms with Crippen LogP contribution >= 0.6 is 11.6 Å². The number of aromatic nitrogens is 1.